The van der Waals surface area contributed by atoms with Crippen LogP contribution in [0.4, 0.5) is 0 Å². The van der Waals surface area contributed by atoms with E-state index in [4.69, 9.17) is 4.74 Å². The molecule has 0 aromatic heterocycles. The molecular weight excluding hydrogens is 419 g/mol. The smallest absolute Gasteiger partial charge is 0.160 e. The molecule has 0 aliphatic carbocycles. The number of carbonyl (C=O) groups is 1. The summed E-state index contributed by atoms with van der Waals surface area (Å²) in [6.07, 6.45) is 0. The maximum Gasteiger partial charge on any atom is 0.160 e. The minimum atomic E-state index is 0.0553. The average molecular weight is 431 g/mol. The van der Waals surface area contributed by atoms with E-state index in [2.05, 4.69) is 38.5 Å². The number of ketones is 1. The van der Waals surface area contributed by atoms with Gasteiger partial charge in [0.25, 0.3) is 0 Å². The van der Waals surface area contributed by atoms with E-state index in [1.54, 1.807) is 13.0 Å². The van der Waals surface area contributed by atoms with Crippen LogP contribution in [0.2, 0.25) is 0 Å². The van der Waals surface area contributed by atoms with Gasteiger partial charge in [0.2, 0.25) is 0 Å². The minimum Gasteiger partial charge on any atom is -0.488 e. The number of rotatable bonds is 4. The third kappa shape index (κ3) is 3.57. The molecule has 0 fully saturated rings. The standard InChI is InChI=1S/C15H12BrIO2/c1-10(18)12-7-8-13(14(16)15(12)17)19-9-11-5-3-2-4-6-11/h2-8H,9H2,1H3. The lowest BCUT2D eigenvalue weighted by molar-refractivity contribution is 0.101. The molecule has 0 saturated carbocycles. The molecule has 0 amide bonds. The predicted octanol–water partition coefficient (Wildman–Crippen LogP) is 4.84. The van der Waals surface area contributed by atoms with Crippen LogP contribution in [0.25, 0.3) is 0 Å². The summed E-state index contributed by atoms with van der Waals surface area (Å²) in [5.74, 6) is 0.804. The van der Waals surface area contributed by atoms with Gasteiger partial charge in [-0.3, -0.25) is 4.79 Å². The van der Waals surface area contributed by atoms with Crippen LogP contribution in [0.3, 0.4) is 0 Å². The SMILES string of the molecule is CC(=O)c1ccc(OCc2ccccc2)c(Br)c1I. The average Bonchev–Trinajstić information content (AvgIpc) is 2.41. The molecule has 0 bridgehead atoms. The molecule has 0 atom stereocenters. The Morgan fingerprint density at radius 2 is 1.89 bits per heavy atom. The van der Waals surface area contributed by atoms with Crippen LogP contribution in [0.1, 0.15) is 22.8 Å². The van der Waals surface area contributed by atoms with Gasteiger partial charge in [0.1, 0.15) is 12.4 Å². The van der Waals surface area contributed by atoms with Gasteiger partial charge >= 0.3 is 0 Å². The molecule has 2 rings (SSSR count). The van der Waals surface area contributed by atoms with E-state index in [-0.39, 0.29) is 5.78 Å². The Kier molecular flexibility index (Phi) is 4.99. The zero-order chi connectivity index (χ0) is 13.8. The van der Waals surface area contributed by atoms with Gasteiger partial charge in [-0.1, -0.05) is 30.3 Å². The summed E-state index contributed by atoms with van der Waals surface area (Å²) in [5.41, 5.74) is 1.82. The Balaban J connectivity index is 2.18. The molecule has 19 heavy (non-hydrogen) atoms. The first kappa shape index (κ1) is 14.5. The molecule has 0 aliphatic heterocycles. The minimum absolute atomic E-state index is 0.0553. The number of Topliss-reactive ketones (excluding diaryl/α,β-unsaturated/α-hetero) is 1. The Morgan fingerprint density at radius 3 is 2.53 bits per heavy atom. The van der Waals surface area contributed by atoms with Crippen LogP contribution in [-0.4, -0.2) is 5.78 Å². The Labute approximate surface area is 134 Å². The molecule has 0 spiro atoms. The maximum absolute atomic E-state index is 11.4. The Bertz CT molecular complexity index is 597. The van der Waals surface area contributed by atoms with E-state index in [0.29, 0.717) is 12.2 Å². The van der Waals surface area contributed by atoms with Crippen molar-refractivity contribution in [3.8, 4) is 5.75 Å². The van der Waals surface area contributed by atoms with Crippen molar-refractivity contribution < 1.29 is 9.53 Å². The second-order valence-corrected chi connectivity index (χ2v) is 5.94. The van der Waals surface area contributed by atoms with E-state index in [1.807, 2.05) is 36.4 Å². The Hall–Kier alpha value is -0.880. The zero-order valence-corrected chi connectivity index (χ0v) is 14.1. The summed E-state index contributed by atoms with van der Waals surface area (Å²) in [4.78, 5) is 11.4. The monoisotopic (exact) mass is 430 g/mol. The van der Waals surface area contributed by atoms with Gasteiger partial charge in [0, 0.05) is 9.13 Å². The molecule has 0 saturated heterocycles. The number of halogens is 2. The largest absolute Gasteiger partial charge is 0.488 e. The predicted molar refractivity (Wildman–Crippen MR) is 87.6 cm³/mol. The van der Waals surface area contributed by atoms with Crippen molar-refractivity contribution in [1.29, 1.82) is 0 Å². The second kappa shape index (κ2) is 6.52. The fraction of sp³-hybridized carbons (Fsp3) is 0.133. The van der Waals surface area contributed by atoms with E-state index in [0.717, 1.165) is 19.4 Å². The lowest BCUT2D eigenvalue weighted by atomic mass is 10.1. The third-order valence-electron chi connectivity index (χ3n) is 2.66. The van der Waals surface area contributed by atoms with Crippen molar-refractivity contribution in [3.05, 3.63) is 61.6 Å². The molecule has 0 N–H and O–H groups in total. The summed E-state index contributed by atoms with van der Waals surface area (Å²) in [6, 6.07) is 13.6. The fourth-order valence-electron chi connectivity index (χ4n) is 1.65. The first-order chi connectivity index (χ1) is 9.09. The number of benzene rings is 2. The lowest BCUT2D eigenvalue weighted by Gasteiger charge is -2.11. The van der Waals surface area contributed by atoms with E-state index < -0.39 is 0 Å². The van der Waals surface area contributed by atoms with Crippen molar-refractivity contribution in [3.63, 3.8) is 0 Å². The number of ether oxygens (including phenoxy) is 1. The molecule has 0 heterocycles. The van der Waals surface area contributed by atoms with Gasteiger partial charge in [-0.15, -0.1) is 0 Å². The van der Waals surface area contributed by atoms with Gasteiger partial charge in [0.05, 0.1) is 4.47 Å². The highest BCUT2D eigenvalue weighted by Gasteiger charge is 2.12. The van der Waals surface area contributed by atoms with Gasteiger partial charge in [-0.25, -0.2) is 0 Å². The Morgan fingerprint density at radius 1 is 1.21 bits per heavy atom. The van der Waals surface area contributed by atoms with Crippen molar-refractivity contribution >= 4 is 44.3 Å². The summed E-state index contributed by atoms with van der Waals surface area (Å²) in [7, 11) is 0. The number of hydrogen-bond donors (Lipinski definition) is 0. The molecule has 2 aromatic rings. The van der Waals surface area contributed by atoms with Crippen molar-refractivity contribution in [1.82, 2.24) is 0 Å². The first-order valence-corrected chi connectivity index (χ1v) is 7.62. The van der Waals surface area contributed by atoms with Crippen molar-refractivity contribution in [2.75, 3.05) is 0 Å². The number of hydrogen-bond acceptors (Lipinski definition) is 2. The first-order valence-electron chi connectivity index (χ1n) is 5.75. The summed E-state index contributed by atoms with van der Waals surface area (Å²) < 4.78 is 7.49. The summed E-state index contributed by atoms with van der Waals surface area (Å²) in [6.45, 7) is 2.07. The summed E-state index contributed by atoms with van der Waals surface area (Å²) in [5, 5.41) is 0. The fourth-order valence-corrected chi connectivity index (χ4v) is 2.94. The summed E-state index contributed by atoms with van der Waals surface area (Å²) >= 11 is 5.64. The topological polar surface area (TPSA) is 26.3 Å². The lowest BCUT2D eigenvalue weighted by Crippen LogP contribution is -2.01. The highest BCUT2D eigenvalue weighted by Crippen LogP contribution is 2.33. The van der Waals surface area contributed by atoms with Crippen LogP contribution in [0.5, 0.6) is 5.75 Å². The highest BCUT2D eigenvalue weighted by molar-refractivity contribution is 14.1. The molecule has 4 heteroatoms. The quantitative estimate of drug-likeness (QED) is 0.512. The molecule has 0 aliphatic rings. The molecule has 0 unspecified atom stereocenters. The van der Waals surface area contributed by atoms with Crippen LogP contribution in [0.15, 0.2) is 46.9 Å². The third-order valence-corrected chi connectivity index (χ3v) is 5.31. The molecule has 2 aromatic carbocycles. The van der Waals surface area contributed by atoms with Crippen LogP contribution in [-0.2, 0) is 6.61 Å². The highest BCUT2D eigenvalue weighted by atomic mass is 127. The van der Waals surface area contributed by atoms with Gasteiger partial charge < -0.3 is 4.74 Å². The van der Waals surface area contributed by atoms with Crippen LogP contribution >= 0.6 is 38.5 Å². The second-order valence-electron chi connectivity index (χ2n) is 4.07. The van der Waals surface area contributed by atoms with Gasteiger partial charge in [-0.05, 0) is 63.1 Å². The van der Waals surface area contributed by atoms with Crippen molar-refractivity contribution in [2.45, 2.75) is 13.5 Å². The number of carbonyl (C=O) groups excluding carboxylic acids is 1. The van der Waals surface area contributed by atoms with Crippen LogP contribution < -0.4 is 4.74 Å². The molecule has 2 nitrogen and oxygen atoms in total. The van der Waals surface area contributed by atoms with E-state index in [1.165, 1.54) is 0 Å². The van der Waals surface area contributed by atoms with Gasteiger partial charge in [0.15, 0.2) is 5.78 Å². The normalized spacial score (nSPS) is 10.3. The van der Waals surface area contributed by atoms with Crippen molar-refractivity contribution in [2.24, 2.45) is 0 Å². The van der Waals surface area contributed by atoms with E-state index >= 15 is 0 Å². The zero-order valence-electron chi connectivity index (χ0n) is 10.3. The van der Waals surface area contributed by atoms with Crippen LogP contribution in [0, 0.1) is 3.57 Å². The molecule has 0 radical (unpaired) electrons. The molecular formula is C15H12BrIO2. The van der Waals surface area contributed by atoms with Gasteiger partial charge in [-0.2, -0.15) is 0 Å². The maximum atomic E-state index is 11.4. The van der Waals surface area contributed by atoms with E-state index in [9.17, 15) is 4.79 Å². The molecule has 98 valence electrons.